The quantitative estimate of drug-likeness (QED) is 0.521. The Morgan fingerprint density at radius 3 is 3.00 bits per heavy atom. The van der Waals surface area contributed by atoms with Crippen molar-refractivity contribution in [1.29, 1.82) is 0 Å². The zero-order valence-electron chi connectivity index (χ0n) is 4.26. The minimum atomic E-state index is 0.541. The first-order chi connectivity index (χ1) is 3.93. The van der Waals surface area contributed by atoms with Gasteiger partial charge in [-0.25, -0.2) is 0 Å². The fraction of sp³-hybridized carbons (Fsp3) is 0.167. The van der Waals surface area contributed by atoms with Gasteiger partial charge in [-0.1, -0.05) is 0 Å². The van der Waals surface area contributed by atoms with Crippen molar-refractivity contribution in [3.63, 3.8) is 0 Å². The predicted molar refractivity (Wildman–Crippen MR) is 32.6 cm³/mol. The summed E-state index contributed by atoms with van der Waals surface area (Å²) in [6.07, 6.45) is 4.36. The van der Waals surface area contributed by atoms with Gasteiger partial charge in [0.25, 0.3) is 0 Å². The SMILES string of the molecule is ClCc1c[c]ncc1. The van der Waals surface area contributed by atoms with Crippen molar-refractivity contribution in [3.05, 3.63) is 30.1 Å². The van der Waals surface area contributed by atoms with Crippen molar-refractivity contribution in [2.45, 2.75) is 5.88 Å². The van der Waals surface area contributed by atoms with Crippen LogP contribution in [0.4, 0.5) is 0 Å². The van der Waals surface area contributed by atoms with Crippen LogP contribution in [0.2, 0.25) is 0 Å². The largest absolute Gasteiger partial charge is 0.255 e. The van der Waals surface area contributed by atoms with Crippen LogP contribution in [0.15, 0.2) is 18.3 Å². The van der Waals surface area contributed by atoms with Crippen molar-refractivity contribution < 1.29 is 0 Å². The summed E-state index contributed by atoms with van der Waals surface area (Å²) < 4.78 is 0. The molecule has 1 heterocycles. The smallest absolute Gasteiger partial charge is 0.0889 e. The highest BCUT2D eigenvalue weighted by molar-refractivity contribution is 6.17. The third kappa shape index (κ3) is 1.20. The molecule has 1 rings (SSSR count). The van der Waals surface area contributed by atoms with Gasteiger partial charge in [0.05, 0.1) is 6.20 Å². The summed E-state index contributed by atoms with van der Waals surface area (Å²) in [6, 6.07) is 3.64. The Morgan fingerprint density at radius 1 is 1.75 bits per heavy atom. The number of hydrogen-bond acceptors (Lipinski definition) is 1. The van der Waals surface area contributed by atoms with Crippen molar-refractivity contribution in [2.24, 2.45) is 0 Å². The van der Waals surface area contributed by atoms with Crippen molar-refractivity contribution in [2.75, 3.05) is 0 Å². The average molecular weight is 127 g/mol. The first-order valence-electron chi connectivity index (χ1n) is 2.30. The molecule has 41 valence electrons. The lowest BCUT2D eigenvalue weighted by Gasteiger charge is -1.86. The molecule has 1 radical (unpaired) electrons. The molecular formula is C6H5ClN. The highest BCUT2D eigenvalue weighted by atomic mass is 35.5. The van der Waals surface area contributed by atoms with Crippen LogP contribution in [0, 0.1) is 6.20 Å². The van der Waals surface area contributed by atoms with E-state index in [1.807, 2.05) is 6.07 Å². The Morgan fingerprint density at radius 2 is 2.62 bits per heavy atom. The van der Waals surface area contributed by atoms with Crippen molar-refractivity contribution >= 4 is 11.6 Å². The molecular weight excluding hydrogens is 122 g/mol. The van der Waals surface area contributed by atoms with Gasteiger partial charge in [0.2, 0.25) is 0 Å². The molecule has 0 spiro atoms. The van der Waals surface area contributed by atoms with E-state index >= 15 is 0 Å². The van der Waals surface area contributed by atoms with E-state index in [1.165, 1.54) is 0 Å². The zero-order chi connectivity index (χ0) is 5.82. The van der Waals surface area contributed by atoms with Crippen LogP contribution in [-0.4, -0.2) is 4.98 Å². The highest BCUT2D eigenvalue weighted by Gasteiger charge is 1.83. The van der Waals surface area contributed by atoms with Gasteiger partial charge in [-0.05, 0) is 17.7 Å². The minimum absolute atomic E-state index is 0.541. The Hall–Kier alpha value is -0.560. The number of rotatable bonds is 1. The maximum absolute atomic E-state index is 5.48. The fourth-order valence-corrected chi connectivity index (χ4v) is 0.594. The fourth-order valence-electron chi connectivity index (χ4n) is 0.427. The zero-order valence-corrected chi connectivity index (χ0v) is 5.02. The summed E-state index contributed by atoms with van der Waals surface area (Å²) in [4.78, 5) is 3.71. The van der Waals surface area contributed by atoms with Crippen molar-refractivity contribution in [3.8, 4) is 0 Å². The summed E-state index contributed by atoms with van der Waals surface area (Å²) >= 11 is 5.48. The Labute approximate surface area is 53.3 Å². The van der Waals surface area contributed by atoms with Crippen LogP contribution in [0.3, 0.4) is 0 Å². The second-order valence-electron chi connectivity index (χ2n) is 1.43. The highest BCUT2D eigenvalue weighted by Crippen LogP contribution is 1.98. The normalized spacial score (nSPS) is 9.12. The standard InChI is InChI=1S/C6H5ClN/c7-5-6-1-3-8-4-2-6/h1-3H,5H2. The van der Waals surface area contributed by atoms with E-state index in [4.69, 9.17) is 11.6 Å². The second kappa shape index (κ2) is 2.68. The monoisotopic (exact) mass is 126 g/mol. The van der Waals surface area contributed by atoms with Gasteiger partial charge in [0, 0.05) is 12.1 Å². The Kier molecular flexibility index (Phi) is 1.86. The maximum atomic E-state index is 5.48. The van der Waals surface area contributed by atoms with E-state index in [0.29, 0.717) is 5.88 Å². The van der Waals surface area contributed by atoms with Crippen molar-refractivity contribution in [1.82, 2.24) is 4.98 Å². The lowest BCUT2D eigenvalue weighted by molar-refractivity contribution is 1.25. The minimum Gasteiger partial charge on any atom is -0.255 e. The van der Waals surface area contributed by atoms with Crippen LogP contribution in [0.1, 0.15) is 5.56 Å². The van der Waals surface area contributed by atoms with Gasteiger partial charge in [0.1, 0.15) is 0 Å². The van der Waals surface area contributed by atoms with E-state index in [1.54, 1.807) is 12.3 Å². The first kappa shape index (κ1) is 5.57. The number of pyridine rings is 1. The van der Waals surface area contributed by atoms with Gasteiger partial charge in [0.15, 0.2) is 0 Å². The van der Waals surface area contributed by atoms with Gasteiger partial charge in [-0.2, -0.15) is 0 Å². The summed E-state index contributed by atoms with van der Waals surface area (Å²) in [7, 11) is 0. The number of aromatic nitrogens is 1. The molecule has 0 N–H and O–H groups in total. The predicted octanol–water partition coefficient (Wildman–Crippen LogP) is 1.62. The van der Waals surface area contributed by atoms with Gasteiger partial charge in [-0.15, -0.1) is 11.6 Å². The van der Waals surface area contributed by atoms with Gasteiger partial charge in [-0.3, -0.25) is 4.98 Å². The third-order valence-electron chi connectivity index (χ3n) is 0.842. The molecule has 0 aliphatic carbocycles. The van der Waals surface area contributed by atoms with E-state index in [0.717, 1.165) is 5.56 Å². The second-order valence-corrected chi connectivity index (χ2v) is 1.69. The van der Waals surface area contributed by atoms with Gasteiger partial charge < -0.3 is 0 Å². The topological polar surface area (TPSA) is 12.9 Å². The molecule has 0 saturated carbocycles. The molecule has 0 unspecified atom stereocenters. The lowest BCUT2D eigenvalue weighted by Crippen LogP contribution is -1.75. The van der Waals surface area contributed by atoms with Gasteiger partial charge >= 0.3 is 0 Å². The molecule has 2 heteroatoms. The molecule has 0 aromatic carbocycles. The van der Waals surface area contributed by atoms with Crippen LogP contribution >= 0.6 is 11.6 Å². The number of halogens is 1. The lowest BCUT2D eigenvalue weighted by atomic mass is 10.3. The molecule has 1 aromatic rings. The van der Waals surface area contributed by atoms with E-state index in [-0.39, 0.29) is 0 Å². The van der Waals surface area contributed by atoms with Crippen LogP contribution in [0.25, 0.3) is 0 Å². The average Bonchev–Trinajstić information content (AvgIpc) is 1.90. The number of alkyl halides is 1. The van der Waals surface area contributed by atoms with Crippen LogP contribution in [0.5, 0.6) is 0 Å². The van der Waals surface area contributed by atoms with E-state index < -0.39 is 0 Å². The summed E-state index contributed by atoms with van der Waals surface area (Å²) in [6.45, 7) is 0. The van der Waals surface area contributed by atoms with Crippen LogP contribution < -0.4 is 0 Å². The number of nitrogens with zero attached hydrogens (tertiary/aromatic N) is 1. The molecule has 0 amide bonds. The molecule has 0 aliphatic rings. The molecule has 0 atom stereocenters. The molecule has 0 aliphatic heterocycles. The number of hydrogen-bond donors (Lipinski definition) is 0. The molecule has 1 nitrogen and oxygen atoms in total. The molecule has 0 fully saturated rings. The third-order valence-corrected chi connectivity index (χ3v) is 1.15. The molecule has 0 saturated heterocycles. The van der Waals surface area contributed by atoms with E-state index in [9.17, 15) is 0 Å². The van der Waals surface area contributed by atoms with Crippen LogP contribution in [-0.2, 0) is 5.88 Å². The first-order valence-corrected chi connectivity index (χ1v) is 2.84. The summed E-state index contributed by atoms with van der Waals surface area (Å²) in [5.41, 5.74) is 1.06. The summed E-state index contributed by atoms with van der Waals surface area (Å²) in [5.74, 6) is 0.541. The molecule has 0 bridgehead atoms. The summed E-state index contributed by atoms with van der Waals surface area (Å²) in [5, 5.41) is 0. The Bertz CT molecular complexity index is 150. The maximum Gasteiger partial charge on any atom is 0.0889 e. The Balaban J connectivity index is 2.83. The molecule has 8 heavy (non-hydrogen) atoms. The van der Waals surface area contributed by atoms with E-state index in [2.05, 4.69) is 11.2 Å². The molecule has 1 aromatic heterocycles.